The second kappa shape index (κ2) is 6.44. The number of carbonyl (C=O) groups excluding carboxylic acids is 1. The predicted octanol–water partition coefficient (Wildman–Crippen LogP) is 1.69. The molecule has 20 heavy (non-hydrogen) atoms. The smallest absolute Gasteiger partial charge is 0.225 e. The van der Waals surface area contributed by atoms with Gasteiger partial charge in [0.05, 0.1) is 0 Å². The quantitative estimate of drug-likeness (QED) is 0.834. The van der Waals surface area contributed by atoms with Crippen LogP contribution in [0.4, 0.5) is 0 Å². The van der Waals surface area contributed by atoms with Crippen LogP contribution in [-0.2, 0) is 4.79 Å². The Hall–Kier alpha value is -0.610. The molecule has 0 unspecified atom stereocenters. The highest BCUT2D eigenvalue weighted by molar-refractivity contribution is 5.78. The molecule has 4 heteroatoms. The number of hydrogen-bond donors (Lipinski definition) is 1. The first-order chi connectivity index (χ1) is 9.48. The summed E-state index contributed by atoms with van der Waals surface area (Å²) in [6.45, 7) is 1.66. The van der Waals surface area contributed by atoms with E-state index in [1.54, 1.807) is 0 Å². The molecule has 2 fully saturated rings. The summed E-state index contributed by atoms with van der Waals surface area (Å²) in [6, 6.07) is 0. The highest BCUT2D eigenvalue weighted by atomic mass is 16.2. The standard InChI is InChI=1S/C16H31N3O/c1-18(2)16(9-4-10-16)12-19(3)15(20)14-7-5-13(11-17)6-8-14/h13-14H,4-12,17H2,1-3H3. The molecule has 0 aliphatic heterocycles. The van der Waals surface area contributed by atoms with E-state index in [2.05, 4.69) is 19.0 Å². The summed E-state index contributed by atoms with van der Waals surface area (Å²) in [5, 5.41) is 0. The first kappa shape index (κ1) is 15.8. The van der Waals surface area contributed by atoms with E-state index in [9.17, 15) is 4.79 Å². The second-order valence-corrected chi connectivity index (χ2v) is 7.12. The fourth-order valence-electron chi connectivity index (χ4n) is 3.81. The molecule has 0 aromatic rings. The van der Waals surface area contributed by atoms with Crippen molar-refractivity contribution in [1.29, 1.82) is 0 Å². The van der Waals surface area contributed by atoms with Crippen LogP contribution in [0.15, 0.2) is 0 Å². The van der Waals surface area contributed by atoms with Crippen LogP contribution in [0.5, 0.6) is 0 Å². The number of likely N-dealkylation sites (N-methyl/N-ethyl adjacent to an activating group) is 2. The molecule has 0 saturated heterocycles. The van der Waals surface area contributed by atoms with E-state index in [-0.39, 0.29) is 11.5 Å². The third kappa shape index (κ3) is 3.17. The number of carbonyl (C=O) groups is 1. The van der Waals surface area contributed by atoms with Gasteiger partial charge in [0, 0.05) is 25.0 Å². The molecule has 0 heterocycles. The molecule has 116 valence electrons. The van der Waals surface area contributed by atoms with Gasteiger partial charge in [-0.25, -0.2) is 0 Å². The van der Waals surface area contributed by atoms with E-state index in [0.29, 0.717) is 11.8 Å². The van der Waals surface area contributed by atoms with Crippen LogP contribution in [0, 0.1) is 11.8 Å². The minimum atomic E-state index is 0.235. The molecular weight excluding hydrogens is 250 g/mol. The molecule has 2 N–H and O–H groups in total. The van der Waals surface area contributed by atoms with Crippen molar-refractivity contribution >= 4 is 5.91 Å². The van der Waals surface area contributed by atoms with E-state index in [1.165, 1.54) is 19.3 Å². The normalized spacial score (nSPS) is 29.1. The Morgan fingerprint density at radius 2 is 1.75 bits per heavy atom. The first-order valence-electron chi connectivity index (χ1n) is 8.11. The maximum absolute atomic E-state index is 12.6. The van der Waals surface area contributed by atoms with E-state index >= 15 is 0 Å². The van der Waals surface area contributed by atoms with Crippen LogP contribution in [-0.4, -0.2) is 55.5 Å². The third-order valence-corrected chi connectivity index (χ3v) is 5.67. The van der Waals surface area contributed by atoms with Crippen LogP contribution in [0.2, 0.25) is 0 Å². The van der Waals surface area contributed by atoms with Crippen molar-refractivity contribution in [2.45, 2.75) is 50.5 Å². The molecule has 0 atom stereocenters. The van der Waals surface area contributed by atoms with Crippen molar-refractivity contribution in [1.82, 2.24) is 9.80 Å². The van der Waals surface area contributed by atoms with Crippen LogP contribution >= 0.6 is 0 Å². The second-order valence-electron chi connectivity index (χ2n) is 7.12. The molecule has 0 aromatic carbocycles. The average molecular weight is 281 g/mol. The van der Waals surface area contributed by atoms with Gasteiger partial charge >= 0.3 is 0 Å². The molecule has 0 radical (unpaired) electrons. The highest BCUT2D eigenvalue weighted by Gasteiger charge is 2.41. The predicted molar refractivity (Wildman–Crippen MR) is 82.4 cm³/mol. The zero-order valence-electron chi connectivity index (χ0n) is 13.4. The number of rotatable bonds is 5. The highest BCUT2D eigenvalue weighted by Crippen LogP contribution is 2.37. The SMILES string of the molecule is CN(CC1(N(C)C)CCC1)C(=O)C1CCC(CN)CC1. The Balaban J connectivity index is 1.86. The Kier molecular flexibility index (Phi) is 5.08. The van der Waals surface area contributed by atoms with Crippen LogP contribution in [0.3, 0.4) is 0 Å². The average Bonchev–Trinajstić information content (AvgIpc) is 2.41. The van der Waals surface area contributed by atoms with Crippen LogP contribution < -0.4 is 5.73 Å². The molecular formula is C16H31N3O. The maximum Gasteiger partial charge on any atom is 0.225 e. The van der Waals surface area contributed by atoms with Crippen molar-refractivity contribution in [3.8, 4) is 0 Å². The molecule has 2 saturated carbocycles. The van der Waals surface area contributed by atoms with Gasteiger partial charge in [0.15, 0.2) is 0 Å². The number of amides is 1. The zero-order chi connectivity index (χ0) is 14.8. The van der Waals surface area contributed by atoms with Gasteiger partial charge in [0.1, 0.15) is 0 Å². The minimum Gasteiger partial charge on any atom is -0.344 e. The molecule has 0 bridgehead atoms. The monoisotopic (exact) mass is 281 g/mol. The molecule has 2 aliphatic rings. The van der Waals surface area contributed by atoms with E-state index in [0.717, 1.165) is 38.8 Å². The van der Waals surface area contributed by atoms with Crippen LogP contribution in [0.1, 0.15) is 44.9 Å². The summed E-state index contributed by atoms with van der Waals surface area (Å²) in [4.78, 5) is 16.9. The summed E-state index contributed by atoms with van der Waals surface area (Å²) in [5.74, 6) is 1.24. The molecule has 2 rings (SSSR count). The lowest BCUT2D eigenvalue weighted by Gasteiger charge is -2.49. The minimum absolute atomic E-state index is 0.235. The summed E-state index contributed by atoms with van der Waals surface area (Å²) in [6.07, 6.45) is 8.04. The van der Waals surface area contributed by atoms with Gasteiger partial charge in [-0.3, -0.25) is 4.79 Å². The number of nitrogens with zero attached hydrogens (tertiary/aromatic N) is 2. The maximum atomic E-state index is 12.6. The molecule has 0 aromatic heterocycles. The summed E-state index contributed by atoms with van der Waals surface area (Å²) < 4.78 is 0. The number of nitrogens with two attached hydrogens (primary N) is 1. The summed E-state index contributed by atoms with van der Waals surface area (Å²) in [5.41, 5.74) is 5.96. The Labute approximate surface area is 123 Å². The Bertz CT molecular complexity index is 331. The Morgan fingerprint density at radius 3 is 2.15 bits per heavy atom. The van der Waals surface area contributed by atoms with Gasteiger partial charge in [-0.1, -0.05) is 0 Å². The summed E-state index contributed by atoms with van der Waals surface area (Å²) in [7, 11) is 6.27. The molecule has 2 aliphatic carbocycles. The van der Waals surface area contributed by atoms with Crippen molar-refractivity contribution < 1.29 is 4.79 Å². The van der Waals surface area contributed by atoms with Gasteiger partial charge in [0.25, 0.3) is 0 Å². The van der Waals surface area contributed by atoms with Crippen LogP contribution in [0.25, 0.3) is 0 Å². The van der Waals surface area contributed by atoms with Gasteiger partial charge in [-0.05, 0) is 71.5 Å². The molecule has 0 spiro atoms. The fraction of sp³-hybridized carbons (Fsp3) is 0.938. The van der Waals surface area contributed by atoms with Gasteiger partial charge in [-0.15, -0.1) is 0 Å². The van der Waals surface area contributed by atoms with Gasteiger partial charge in [-0.2, -0.15) is 0 Å². The lowest BCUT2D eigenvalue weighted by atomic mass is 9.75. The van der Waals surface area contributed by atoms with Gasteiger partial charge in [0.2, 0.25) is 5.91 Å². The lowest BCUT2D eigenvalue weighted by molar-refractivity contribution is -0.138. The zero-order valence-corrected chi connectivity index (χ0v) is 13.4. The largest absolute Gasteiger partial charge is 0.344 e. The Morgan fingerprint density at radius 1 is 1.15 bits per heavy atom. The van der Waals surface area contributed by atoms with Gasteiger partial charge < -0.3 is 15.5 Å². The third-order valence-electron chi connectivity index (χ3n) is 5.67. The van der Waals surface area contributed by atoms with E-state index < -0.39 is 0 Å². The summed E-state index contributed by atoms with van der Waals surface area (Å²) >= 11 is 0. The molecule has 1 amide bonds. The van der Waals surface area contributed by atoms with Crippen molar-refractivity contribution in [3.05, 3.63) is 0 Å². The van der Waals surface area contributed by atoms with Crippen molar-refractivity contribution in [3.63, 3.8) is 0 Å². The topological polar surface area (TPSA) is 49.6 Å². The van der Waals surface area contributed by atoms with Crippen molar-refractivity contribution in [2.75, 3.05) is 34.2 Å². The van der Waals surface area contributed by atoms with Crippen molar-refractivity contribution in [2.24, 2.45) is 17.6 Å². The molecule has 4 nitrogen and oxygen atoms in total. The van der Waals surface area contributed by atoms with E-state index in [4.69, 9.17) is 5.73 Å². The number of hydrogen-bond acceptors (Lipinski definition) is 3. The fourth-order valence-corrected chi connectivity index (χ4v) is 3.81. The van der Waals surface area contributed by atoms with E-state index in [1.807, 2.05) is 11.9 Å². The first-order valence-corrected chi connectivity index (χ1v) is 8.11. The lowest BCUT2D eigenvalue weighted by Crippen LogP contribution is -2.58.